The van der Waals surface area contributed by atoms with Crippen LogP contribution in [0.4, 0.5) is 10.1 Å². The summed E-state index contributed by atoms with van der Waals surface area (Å²) in [5.41, 5.74) is 1.01. The van der Waals surface area contributed by atoms with Crippen molar-refractivity contribution in [2.75, 3.05) is 12.4 Å². The third-order valence-corrected chi connectivity index (χ3v) is 3.63. The SMILES string of the molecule is COc1ccc(O)c([C@@H](C)NC(=O)C(=O)Nc2ccc(C)cc2F)c1. The van der Waals surface area contributed by atoms with Crippen molar-refractivity contribution in [1.29, 1.82) is 0 Å². The number of halogens is 1. The summed E-state index contributed by atoms with van der Waals surface area (Å²) in [7, 11) is 1.48. The van der Waals surface area contributed by atoms with E-state index in [1.165, 1.54) is 25.3 Å². The summed E-state index contributed by atoms with van der Waals surface area (Å²) in [5, 5.41) is 14.6. The summed E-state index contributed by atoms with van der Waals surface area (Å²) < 4.78 is 18.8. The molecule has 7 heteroatoms. The first-order chi connectivity index (χ1) is 11.8. The van der Waals surface area contributed by atoms with Crippen molar-refractivity contribution in [3.8, 4) is 11.5 Å². The number of aryl methyl sites for hydroxylation is 1. The molecule has 2 rings (SSSR count). The first-order valence-electron chi connectivity index (χ1n) is 7.56. The Morgan fingerprint density at radius 2 is 1.88 bits per heavy atom. The van der Waals surface area contributed by atoms with Crippen LogP contribution in [0.1, 0.15) is 24.1 Å². The summed E-state index contributed by atoms with van der Waals surface area (Å²) in [4.78, 5) is 24.0. The van der Waals surface area contributed by atoms with E-state index in [1.807, 2.05) is 0 Å². The third kappa shape index (κ3) is 4.47. The van der Waals surface area contributed by atoms with Gasteiger partial charge in [0.25, 0.3) is 0 Å². The molecule has 6 nitrogen and oxygen atoms in total. The van der Waals surface area contributed by atoms with Gasteiger partial charge in [-0.2, -0.15) is 0 Å². The summed E-state index contributed by atoms with van der Waals surface area (Å²) in [6.07, 6.45) is 0. The molecule has 0 saturated heterocycles. The molecule has 0 aliphatic rings. The van der Waals surface area contributed by atoms with Crippen LogP contribution >= 0.6 is 0 Å². The van der Waals surface area contributed by atoms with Gasteiger partial charge in [-0.15, -0.1) is 0 Å². The number of benzene rings is 2. The zero-order valence-corrected chi connectivity index (χ0v) is 14.1. The summed E-state index contributed by atoms with van der Waals surface area (Å²) >= 11 is 0. The van der Waals surface area contributed by atoms with Gasteiger partial charge in [0.05, 0.1) is 18.8 Å². The Morgan fingerprint density at radius 3 is 2.52 bits per heavy atom. The van der Waals surface area contributed by atoms with Gasteiger partial charge in [-0.3, -0.25) is 9.59 Å². The number of aromatic hydroxyl groups is 1. The molecular formula is C18H19FN2O4. The molecule has 25 heavy (non-hydrogen) atoms. The van der Waals surface area contributed by atoms with Crippen LogP contribution in [0, 0.1) is 12.7 Å². The van der Waals surface area contributed by atoms with Crippen LogP contribution < -0.4 is 15.4 Å². The second-order valence-electron chi connectivity index (χ2n) is 5.56. The Hall–Kier alpha value is -3.09. The van der Waals surface area contributed by atoms with E-state index < -0.39 is 23.7 Å². The molecule has 0 spiro atoms. The predicted molar refractivity (Wildman–Crippen MR) is 91.0 cm³/mol. The summed E-state index contributed by atoms with van der Waals surface area (Å²) in [6, 6.07) is 8.15. The average Bonchev–Trinajstić information content (AvgIpc) is 2.57. The lowest BCUT2D eigenvalue weighted by Crippen LogP contribution is -2.37. The van der Waals surface area contributed by atoms with Gasteiger partial charge in [0.2, 0.25) is 0 Å². The molecule has 0 saturated carbocycles. The number of ether oxygens (including phenoxy) is 1. The number of rotatable bonds is 4. The number of amides is 2. The maximum absolute atomic E-state index is 13.7. The predicted octanol–water partition coefficient (Wildman–Crippen LogP) is 2.66. The van der Waals surface area contributed by atoms with E-state index in [2.05, 4.69) is 10.6 Å². The van der Waals surface area contributed by atoms with Crippen LogP contribution in [0.5, 0.6) is 11.5 Å². The van der Waals surface area contributed by atoms with Crippen molar-refractivity contribution in [3.63, 3.8) is 0 Å². The second-order valence-corrected chi connectivity index (χ2v) is 5.56. The summed E-state index contributed by atoms with van der Waals surface area (Å²) in [5.74, 6) is -2.12. The van der Waals surface area contributed by atoms with E-state index in [9.17, 15) is 19.1 Å². The second kappa shape index (κ2) is 7.65. The van der Waals surface area contributed by atoms with Gasteiger partial charge in [-0.05, 0) is 49.7 Å². The smallest absolute Gasteiger partial charge is 0.313 e. The van der Waals surface area contributed by atoms with E-state index in [0.717, 1.165) is 0 Å². The number of nitrogens with one attached hydrogen (secondary N) is 2. The highest BCUT2D eigenvalue weighted by Gasteiger charge is 2.20. The first-order valence-corrected chi connectivity index (χ1v) is 7.56. The molecule has 0 heterocycles. The van der Waals surface area contributed by atoms with E-state index in [1.54, 1.807) is 32.0 Å². The lowest BCUT2D eigenvalue weighted by Gasteiger charge is -2.16. The molecule has 0 aliphatic carbocycles. The molecule has 3 N–H and O–H groups in total. The van der Waals surface area contributed by atoms with Crippen LogP contribution in [-0.2, 0) is 9.59 Å². The highest BCUT2D eigenvalue weighted by molar-refractivity contribution is 6.39. The van der Waals surface area contributed by atoms with E-state index in [4.69, 9.17) is 4.74 Å². The number of anilines is 1. The van der Waals surface area contributed by atoms with Crippen LogP contribution in [0.2, 0.25) is 0 Å². The highest BCUT2D eigenvalue weighted by Crippen LogP contribution is 2.28. The molecule has 0 radical (unpaired) electrons. The molecule has 2 aromatic rings. The Bertz CT molecular complexity index is 808. The maximum Gasteiger partial charge on any atom is 0.313 e. The quantitative estimate of drug-likeness (QED) is 0.743. The van der Waals surface area contributed by atoms with E-state index >= 15 is 0 Å². The van der Waals surface area contributed by atoms with Gasteiger partial charge in [-0.25, -0.2) is 4.39 Å². The molecule has 0 bridgehead atoms. The van der Waals surface area contributed by atoms with Gasteiger partial charge >= 0.3 is 11.8 Å². The fraction of sp³-hybridized carbons (Fsp3) is 0.222. The summed E-state index contributed by atoms with van der Waals surface area (Å²) in [6.45, 7) is 3.32. The van der Waals surface area contributed by atoms with Crippen molar-refractivity contribution in [2.24, 2.45) is 0 Å². The normalized spacial score (nSPS) is 11.5. The molecule has 2 amide bonds. The highest BCUT2D eigenvalue weighted by atomic mass is 19.1. The molecule has 0 unspecified atom stereocenters. The van der Waals surface area contributed by atoms with Crippen molar-refractivity contribution in [3.05, 3.63) is 53.3 Å². The minimum atomic E-state index is -1.00. The number of phenols is 1. The zero-order valence-electron chi connectivity index (χ0n) is 14.1. The molecule has 0 aromatic heterocycles. The number of hydrogen-bond donors (Lipinski definition) is 3. The third-order valence-electron chi connectivity index (χ3n) is 3.63. The first kappa shape index (κ1) is 18.3. The number of methoxy groups -OCH3 is 1. The molecule has 0 fully saturated rings. The van der Waals surface area contributed by atoms with Crippen LogP contribution in [-0.4, -0.2) is 24.0 Å². The van der Waals surface area contributed by atoms with Gasteiger partial charge in [0, 0.05) is 5.56 Å². The molecular weight excluding hydrogens is 327 g/mol. The van der Waals surface area contributed by atoms with E-state index in [0.29, 0.717) is 16.9 Å². The van der Waals surface area contributed by atoms with Crippen LogP contribution in [0.25, 0.3) is 0 Å². The monoisotopic (exact) mass is 346 g/mol. The Labute approximate surface area is 144 Å². The van der Waals surface area contributed by atoms with Crippen molar-refractivity contribution < 1.29 is 23.8 Å². The minimum Gasteiger partial charge on any atom is -0.508 e. The Kier molecular flexibility index (Phi) is 5.59. The Morgan fingerprint density at radius 1 is 1.16 bits per heavy atom. The van der Waals surface area contributed by atoms with Crippen molar-refractivity contribution in [1.82, 2.24) is 5.32 Å². The van der Waals surface area contributed by atoms with Gasteiger partial charge < -0.3 is 20.5 Å². The number of phenolic OH excluding ortho intramolecular Hbond substituents is 1. The number of carbonyl (C=O) groups is 2. The fourth-order valence-electron chi connectivity index (χ4n) is 2.25. The number of carbonyl (C=O) groups excluding carboxylic acids is 2. The standard InChI is InChI=1S/C18H19FN2O4/c1-10-4-6-15(14(19)8-10)21-18(24)17(23)20-11(2)13-9-12(25-3)5-7-16(13)22/h4-9,11,22H,1-3H3,(H,20,23)(H,21,24)/t11-/m1/s1. The molecule has 2 aromatic carbocycles. The zero-order chi connectivity index (χ0) is 18.6. The average molecular weight is 346 g/mol. The van der Waals surface area contributed by atoms with Gasteiger partial charge in [0.15, 0.2) is 0 Å². The Balaban J connectivity index is 2.06. The minimum absolute atomic E-state index is 0.0430. The number of hydrogen-bond acceptors (Lipinski definition) is 4. The van der Waals surface area contributed by atoms with Crippen molar-refractivity contribution in [2.45, 2.75) is 19.9 Å². The van der Waals surface area contributed by atoms with Gasteiger partial charge in [-0.1, -0.05) is 6.07 Å². The fourth-order valence-corrected chi connectivity index (χ4v) is 2.25. The topological polar surface area (TPSA) is 87.7 Å². The van der Waals surface area contributed by atoms with Crippen LogP contribution in [0.3, 0.4) is 0 Å². The van der Waals surface area contributed by atoms with E-state index in [-0.39, 0.29) is 11.4 Å². The molecule has 132 valence electrons. The lowest BCUT2D eigenvalue weighted by molar-refractivity contribution is -0.136. The van der Waals surface area contributed by atoms with Crippen LogP contribution in [0.15, 0.2) is 36.4 Å². The lowest BCUT2D eigenvalue weighted by atomic mass is 10.1. The van der Waals surface area contributed by atoms with Gasteiger partial charge in [0.1, 0.15) is 17.3 Å². The molecule has 1 atom stereocenters. The largest absolute Gasteiger partial charge is 0.508 e. The maximum atomic E-state index is 13.7. The molecule has 0 aliphatic heterocycles. The van der Waals surface area contributed by atoms with Crippen molar-refractivity contribution >= 4 is 17.5 Å².